The van der Waals surface area contributed by atoms with Crippen molar-refractivity contribution in [3.8, 4) is 0 Å². The maximum atomic E-state index is 12.1. The molecule has 0 saturated carbocycles. The molecule has 0 bridgehead atoms. The van der Waals surface area contributed by atoms with Crippen molar-refractivity contribution in [3.05, 3.63) is 112 Å². The van der Waals surface area contributed by atoms with E-state index in [1.165, 1.54) is 0 Å². The molecule has 128 valence electrons. The van der Waals surface area contributed by atoms with Crippen molar-refractivity contribution in [3.63, 3.8) is 0 Å². The monoisotopic (exact) mass is 360 g/mol. The third-order valence-electron chi connectivity index (χ3n) is 4.89. The zero-order chi connectivity index (χ0) is 18.1. The number of hydrogen-bond acceptors (Lipinski definition) is 1. The van der Waals surface area contributed by atoms with E-state index in [-0.39, 0.29) is 5.92 Å². The van der Waals surface area contributed by atoms with Crippen molar-refractivity contribution in [1.29, 1.82) is 0 Å². The molecule has 4 rings (SSSR count). The Morgan fingerprint density at radius 2 is 1.58 bits per heavy atom. The molecule has 0 saturated heterocycles. The Morgan fingerprint density at radius 3 is 2.23 bits per heavy atom. The van der Waals surface area contributed by atoms with Crippen LogP contribution in [0.4, 0.5) is 0 Å². The molecule has 0 radical (unpaired) electrons. The van der Waals surface area contributed by atoms with Crippen LogP contribution >= 0.6 is 11.6 Å². The van der Waals surface area contributed by atoms with Gasteiger partial charge in [-0.05, 0) is 46.4 Å². The van der Waals surface area contributed by atoms with Gasteiger partial charge in [-0.15, -0.1) is 0 Å². The molecule has 1 aliphatic rings. The van der Waals surface area contributed by atoms with Gasteiger partial charge in [0.05, 0.1) is 0 Å². The SMILES string of the molecule is O=C(O)C1=C(c2ccccc2)c2ccc(Cl)cc2C(c2ccccc2)C1. The van der Waals surface area contributed by atoms with Gasteiger partial charge in [0.2, 0.25) is 0 Å². The second kappa shape index (κ2) is 6.81. The summed E-state index contributed by atoms with van der Waals surface area (Å²) < 4.78 is 0. The van der Waals surface area contributed by atoms with Crippen LogP contribution in [0, 0.1) is 0 Å². The number of benzene rings is 3. The van der Waals surface area contributed by atoms with Crippen LogP contribution in [0.2, 0.25) is 5.02 Å². The minimum absolute atomic E-state index is 0.0246. The highest BCUT2D eigenvalue weighted by atomic mass is 35.5. The summed E-state index contributed by atoms with van der Waals surface area (Å²) in [5.74, 6) is -0.895. The van der Waals surface area contributed by atoms with Crippen molar-refractivity contribution in [2.75, 3.05) is 0 Å². The number of carboxylic acids is 1. The van der Waals surface area contributed by atoms with Gasteiger partial charge in [0.1, 0.15) is 0 Å². The van der Waals surface area contributed by atoms with Crippen LogP contribution in [-0.4, -0.2) is 11.1 Å². The predicted molar refractivity (Wildman–Crippen MR) is 104 cm³/mol. The highest BCUT2D eigenvalue weighted by Crippen LogP contribution is 2.45. The number of hydrogen-bond donors (Lipinski definition) is 1. The van der Waals surface area contributed by atoms with Gasteiger partial charge in [0, 0.05) is 16.5 Å². The number of aliphatic carboxylic acids is 1. The topological polar surface area (TPSA) is 37.3 Å². The summed E-state index contributed by atoms with van der Waals surface area (Å²) in [6.45, 7) is 0. The Hall–Kier alpha value is -2.84. The lowest BCUT2D eigenvalue weighted by molar-refractivity contribution is -0.132. The maximum Gasteiger partial charge on any atom is 0.332 e. The van der Waals surface area contributed by atoms with Crippen LogP contribution < -0.4 is 0 Å². The van der Waals surface area contributed by atoms with Gasteiger partial charge in [0.15, 0.2) is 0 Å². The van der Waals surface area contributed by atoms with E-state index in [2.05, 4.69) is 0 Å². The van der Waals surface area contributed by atoms with Gasteiger partial charge in [-0.1, -0.05) is 78.3 Å². The fourth-order valence-corrected chi connectivity index (χ4v) is 3.92. The van der Waals surface area contributed by atoms with Crippen molar-refractivity contribution < 1.29 is 9.90 Å². The fraction of sp³-hybridized carbons (Fsp3) is 0.0870. The van der Waals surface area contributed by atoms with E-state index < -0.39 is 5.97 Å². The third-order valence-corrected chi connectivity index (χ3v) is 5.13. The van der Waals surface area contributed by atoms with Crippen LogP contribution in [0.1, 0.15) is 34.6 Å². The molecule has 26 heavy (non-hydrogen) atoms. The lowest BCUT2D eigenvalue weighted by Gasteiger charge is -2.29. The average molecular weight is 361 g/mol. The van der Waals surface area contributed by atoms with Gasteiger partial charge >= 0.3 is 5.97 Å². The first-order chi connectivity index (χ1) is 12.6. The minimum atomic E-state index is -0.870. The molecule has 2 nitrogen and oxygen atoms in total. The second-order valence-electron chi connectivity index (χ2n) is 6.42. The molecule has 0 amide bonds. The number of carbonyl (C=O) groups is 1. The summed E-state index contributed by atoms with van der Waals surface area (Å²) in [4.78, 5) is 12.1. The Labute approximate surface area is 157 Å². The van der Waals surface area contributed by atoms with E-state index in [4.69, 9.17) is 11.6 Å². The summed E-state index contributed by atoms with van der Waals surface area (Å²) in [5, 5.41) is 10.6. The molecule has 3 heteroatoms. The van der Waals surface area contributed by atoms with Gasteiger partial charge in [-0.3, -0.25) is 0 Å². The van der Waals surface area contributed by atoms with Crippen LogP contribution in [0.5, 0.6) is 0 Å². The molecular formula is C23H17ClO2. The molecule has 0 fully saturated rings. The highest BCUT2D eigenvalue weighted by Gasteiger charge is 2.31. The van der Waals surface area contributed by atoms with E-state index >= 15 is 0 Å². The maximum absolute atomic E-state index is 12.1. The average Bonchev–Trinajstić information content (AvgIpc) is 2.68. The van der Waals surface area contributed by atoms with Crippen molar-refractivity contribution >= 4 is 23.1 Å². The molecule has 3 aromatic carbocycles. The van der Waals surface area contributed by atoms with Gasteiger partial charge in [-0.2, -0.15) is 0 Å². The van der Waals surface area contributed by atoms with Crippen LogP contribution in [-0.2, 0) is 4.79 Å². The zero-order valence-corrected chi connectivity index (χ0v) is 14.8. The molecule has 0 aromatic heterocycles. The summed E-state index contributed by atoms with van der Waals surface area (Å²) >= 11 is 6.29. The minimum Gasteiger partial charge on any atom is -0.478 e. The van der Waals surface area contributed by atoms with Gasteiger partial charge < -0.3 is 5.11 Å². The lowest BCUT2D eigenvalue weighted by Crippen LogP contribution is -2.17. The van der Waals surface area contributed by atoms with Gasteiger partial charge in [0.25, 0.3) is 0 Å². The summed E-state index contributed by atoms with van der Waals surface area (Å²) in [7, 11) is 0. The summed E-state index contributed by atoms with van der Waals surface area (Å²) in [6.07, 6.45) is 0.441. The molecule has 0 spiro atoms. The van der Waals surface area contributed by atoms with E-state index in [0.717, 1.165) is 27.8 Å². The first-order valence-corrected chi connectivity index (χ1v) is 8.89. The largest absolute Gasteiger partial charge is 0.478 e. The van der Waals surface area contributed by atoms with E-state index in [0.29, 0.717) is 17.0 Å². The molecular weight excluding hydrogens is 344 g/mol. The molecule has 1 aliphatic carbocycles. The third kappa shape index (κ3) is 2.93. The number of rotatable bonds is 3. The molecule has 3 aromatic rings. The Kier molecular flexibility index (Phi) is 4.36. The van der Waals surface area contributed by atoms with E-state index in [1.807, 2.05) is 78.9 Å². The molecule has 1 unspecified atom stereocenters. The van der Waals surface area contributed by atoms with Crippen LogP contribution in [0.25, 0.3) is 5.57 Å². The quantitative estimate of drug-likeness (QED) is 0.644. The van der Waals surface area contributed by atoms with E-state index in [9.17, 15) is 9.90 Å². The normalized spacial score (nSPS) is 16.3. The fourth-order valence-electron chi connectivity index (χ4n) is 3.74. The standard InChI is InChI=1S/C23H17ClO2/c24-17-11-12-18-20(13-17)19(15-7-3-1-4-8-15)14-21(23(25)26)22(18)16-9-5-2-6-10-16/h1-13,19H,14H2,(H,25,26). The molecule has 0 aliphatic heterocycles. The second-order valence-corrected chi connectivity index (χ2v) is 6.86. The summed E-state index contributed by atoms with van der Waals surface area (Å²) in [6, 6.07) is 25.5. The Balaban J connectivity index is 1.99. The zero-order valence-electron chi connectivity index (χ0n) is 14.0. The van der Waals surface area contributed by atoms with Crippen molar-refractivity contribution in [1.82, 2.24) is 0 Å². The lowest BCUT2D eigenvalue weighted by atomic mass is 9.74. The molecule has 1 N–H and O–H groups in total. The number of halogens is 1. The molecule has 0 heterocycles. The first-order valence-electron chi connectivity index (χ1n) is 8.52. The predicted octanol–water partition coefficient (Wildman–Crippen LogP) is 5.76. The van der Waals surface area contributed by atoms with Crippen LogP contribution in [0.15, 0.2) is 84.4 Å². The van der Waals surface area contributed by atoms with Crippen LogP contribution in [0.3, 0.4) is 0 Å². The Bertz CT molecular complexity index is 991. The Morgan fingerprint density at radius 1 is 0.923 bits per heavy atom. The highest BCUT2D eigenvalue weighted by molar-refractivity contribution is 6.30. The first kappa shape index (κ1) is 16.6. The van der Waals surface area contributed by atoms with Gasteiger partial charge in [-0.25, -0.2) is 4.79 Å². The smallest absolute Gasteiger partial charge is 0.332 e. The van der Waals surface area contributed by atoms with E-state index in [1.54, 1.807) is 0 Å². The number of carboxylic acid groups (broad SMARTS) is 1. The van der Waals surface area contributed by atoms with Crippen molar-refractivity contribution in [2.24, 2.45) is 0 Å². The molecule has 1 atom stereocenters. The van der Waals surface area contributed by atoms with Crippen molar-refractivity contribution in [2.45, 2.75) is 12.3 Å². The summed E-state index contributed by atoms with van der Waals surface area (Å²) in [5.41, 5.74) is 5.27. The number of fused-ring (bicyclic) bond motifs is 1.